The number of thioether (sulfide) groups is 1. The summed E-state index contributed by atoms with van der Waals surface area (Å²) in [5, 5.41) is 4.23. The zero-order valence-corrected chi connectivity index (χ0v) is 17.4. The largest absolute Gasteiger partial charge is 0.381 e. The molecule has 0 aliphatic carbocycles. The standard InChI is InChI=1S/C21H23Cl2NO2S/c22-18-7-6-16(12-19(18)23)13-27-14-20(25)24-15-21(8-10-26-11-9-21)17-4-2-1-3-5-17/h1-7,12H,8-11,13-15H2,(H,24,25). The third-order valence-electron chi connectivity index (χ3n) is 4.95. The highest BCUT2D eigenvalue weighted by molar-refractivity contribution is 7.99. The Hall–Kier alpha value is -1.20. The Labute approximate surface area is 174 Å². The van der Waals surface area contributed by atoms with Gasteiger partial charge in [-0.15, -0.1) is 11.8 Å². The van der Waals surface area contributed by atoms with Crippen molar-refractivity contribution in [3.05, 3.63) is 69.7 Å². The molecule has 1 N–H and O–H groups in total. The van der Waals surface area contributed by atoms with Crippen molar-refractivity contribution < 1.29 is 9.53 Å². The Morgan fingerprint density at radius 2 is 1.81 bits per heavy atom. The van der Waals surface area contributed by atoms with Gasteiger partial charge < -0.3 is 10.1 Å². The molecule has 0 bridgehead atoms. The van der Waals surface area contributed by atoms with Gasteiger partial charge in [0.25, 0.3) is 0 Å². The first-order valence-electron chi connectivity index (χ1n) is 9.01. The van der Waals surface area contributed by atoms with Gasteiger partial charge in [-0.25, -0.2) is 0 Å². The number of rotatable bonds is 7. The van der Waals surface area contributed by atoms with Gasteiger partial charge in [-0.05, 0) is 36.1 Å². The fourth-order valence-electron chi connectivity index (χ4n) is 3.33. The van der Waals surface area contributed by atoms with E-state index >= 15 is 0 Å². The maximum atomic E-state index is 12.4. The summed E-state index contributed by atoms with van der Waals surface area (Å²) in [7, 11) is 0. The van der Waals surface area contributed by atoms with Gasteiger partial charge in [0.05, 0.1) is 15.8 Å². The number of carbonyl (C=O) groups excluding carboxylic acids is 1. The Bertz CT molecular complexity index is 764. The van der Waals surface area contributed by atoms with Gasteiger partial charge in [0, 0.05) is 30.9 Å². The maximum absolute atomic E-state index is 12.4. The summed E-state index contributed by atoms with van der Waals surface area (Å²) >= 11 is 13.5. The molecule has 0 unspecified atom stereocenters. The second-order valence-corrected chi connectivity index (χ2v) is 8.58. The number of halogens is 2. The van der Waals surface area contributed by atoms with Gasteiger partial charge >= 0.3 is 0 Å². The number of nitrogens with one attached hydrogen (secondary N) is 1. The maximum Gasteiger partial charge on any atom is 0.230 e. The first-order valence-corrected chi connectivity index (χ1v) is 10.9. The van der Waals surface area contributed by atoms with Gasteiger partial charge in [0.2, 0.25) is 5.91 Å². The van der Waals surface area contributed by atoms with Crippen molar-refractivity contribution in [2.75, 3.05) is 25.5 Å². The van der Waals surface area contributed by atoms with Crippen molar-refractivity contribution in [2.45, 2.75) is 24.0 Å². The average Bonchev–Trinajstić information content (AvgIpc) is 2.70. The molecule has 0 atom stereocenters. The number of carbonyl (C=O) groups is 1. The summed E-state index contributed by atoms with van der Waals surface area (Å²) < 4.78 is 5.55. The average molecular weight is 424 g/mol. The minimum absolute atomic E-state index is 0.0382. The fraction of sp³-hybridized carbons (Fsp3) is 0.381. The molecule has 0 spiro atoms. The van der Waals surface area contributed by atoms with Crippen LogP contribution >= 0.6 is 35.0 Å². The molecule has 27 heavy (non-hydrogen) atoms. The van der Waals surface area contributed by atoms with E-state index in [0.29, 0.717) is 22.3 Å². The molecule has 1 amide bonds. The summed E-state index contributed by atoms with van der Waals surface area (Å²) in [5.74, 6) is 1.20. The van der Waals surface area contributed by atoms with Crippen LogP contribution in [0.2, 0.25) is 10.0 Å². The van der Waals surface area contributed by atoms with Gasteiger partial charge in [-0.2, -0.15) is 0 Å². The number of ether oxygens (including phenoxy) is 1. The van der Waals surface area contributed by atoms with Gasteiger partial charge in [0.1, 0.15) is 0 Å². The topological polar surface area (TPSA) is 38.3 Å². The molecule has 3 nitrogen and oxygen atoms in total. The number of hydrogen-bond acceptors (Lipinski definition) is 3. The molecule has 1 fully saturated rings. The molecule has 1 aliphatic rings. The summed E-state index contributed by atoms with van der Waals surface area (Å²) in [5.41, 5.74) is 2.30. The summed E-state index contributed by atoms with van der Waals surface area (Å²) in [6.45, 7) is 2.11. The molecule has 0 radical (unpaired) electrons. The normalized spacial score (nSPS) is 16.1. The van der Waals surface area contributed by atoms with Crippen LogP contribution in [-0.4, -0.2) is 31.4 Å². The van der Waals surface area contributed by atoms with E-state index in [0.717, 1.165) is 37.4 Å². The molecular weight excluding hydrogens is 401 g/mol. The van der Waals surface area contributed by atoms with Crippen molar-refractivity contribution in [1.29, 1.82) is 0 Å². The summed E-state index contributed by atoms with van der Waals surface area (Å²) in [6, 6.07) is 16.0. The molecule has 3 rings (SSSR count). The third kappa shape index (κ3) is 5.64. The predicted molar refractivity (Wildman–Crippen MR) is 114 cm³/mol. The lowest BCUT2D eigenvalue weighted by Gasteiger charge is -2.38. The van der Waals surface area contributed by atoms with E-state index in [9.17, 15) is 4.79 Å². The quantitative estimate of drug-likeness (QED) is 0.673. The van der Waals surface area contributed by atoms with Crippen LogP contribution in [0, 0.1) is 0 Å². The minimum Gasteiger partial charge on any atom is -0.381 e. The van der Waals surface area contributed by atoms with E-state index in [1.807, 2.05) is 18.2 Å². The number of amides is 1. The zero-order chi connectivity index (χ0) is 19.1. The van der Waals surface area contributed by atoms with Crippen molar-refractivity contribution in [3.8, 4) is 0 Å². The molecule has 6 heteroatoms. The Balaban J connectivity index is 1.51. The highest BCUT2D eigenvalue weighted by Crippen LogP contribution is 2.34. The van der Waals surface area contributed by atoms with Crippen LogP contribution in [0.5, 0.6) is 0 Å². The third-order valence-corrected chi connectivity index (χ3v) is 6.69. The summed E-state index contributed by atoms with van der Waals surface area (Å²) in [6.07, 6.45) is 1.85. The molecule has 1 heterocycles. The highest BCUT2D eigenvalue weighted by atomic mass is 35.5. The van der Waals surface area contributed by atoms with E-state index in [4.69, 9.17) is 27.9 Å². The number of benzene rings is 2. The number of hydrogen-bond donors (Lipinski definition) is 1. The molecule has 1 saturated heterocycles. The minimum atomic E-state index is -0.0382. The molecule has 1 aliphatic heterocycles. The van der Waals surface area contributed by atoms with E-state index in [-0.39, 0.29) is 11.3 Å². The molecule has 0 saturated carbocycles. The van der Waals surface area contributed by atoms with E-state index in [2.05, 4.69) is 29.6 Å². The molecule has 0 aromatic heterocycles. The van der Waals surface area contributed by atoms with E-state index < -0.39 is 0 Å². The van der Waals surface area contributed by atoms with Gasteiger partial charge in [-0.3, -0.25) is 4.79 Å². The first kappa shape index (κ1) is 20.5. The van der Waals surface area contributed by atoms with Crippen LogP contribution in [0.4, 0.5) is 0 Å². The lowest BCUT2D eigenvalue weighted by atomic mass is 9.74. The summed E-state index contributed by atoms with van der Waals surface area (Å²) in [4.78, 5) is 12.4. The first-order chi connectivity index (χ1) is 13.1. The molecular formula is C21H23Cl2NO2S. The van der Waals surface area contributed by atoms with Crippen molar-refractivity contribution in [1.82, 2.24) is 5.32 Å². The molecule has 2 aromatic rings. The molecule has 144 valence electrons. The van der Waals surface area contributed by atoms with Crippen molar-refractivity contribution in [2.24, 2.45) is 0 Å². The zero-order valence-electron chi connectivity index (χ0n) is 15.0. The second-order valence-electron chi connectivity index (χ2n) is 6.78. The van der Waals surface area contributed by atoms with E-state index in [1.54, 1.807) is 17.8 Å². The van der Waals surface area contributed by atoms with E-state index in [1.165, 1.54) is 5.56 Å². The van der Waals surface area contributed by atoms with Crippen LogP contribution < -0.4 is 5.32 Å². The second kappa shape index (κ2) is 9.83. The predicted octanol–water partition coefficient (Wildman–Crippen LogP) is 5.09. The Morgan fingerprint density at radius 1 is 1.07 bits per heavy atom. The van der Waals surface area contributed by atoms with Crippen LogP contribution in [0.25, 0.3) is 0 Å². The highest BCUT2D eigenvalue weighted by Gasteiger charge is 2.34. The van der Waals surface area contributed by atoms with Crippen LogP contribution in [0.3, 0.4) is 0 Å². The van der Waals surface area contributed by atoms with Crippen LogP contribution in [0.15, 0.2) is 48.5 Å². The van der Waals surface area contributed by atoms with Gasteiger partial charge in [-0.1, -0.05) is 59.6 Å². The van der Waals surface area contributed by atoms with Crippen molar-refractivity contribution >= 4 is 40.9 Å². The fourth-order valence-corrected chi connectivity index (χ4v) is 4.46. The SMILES string of the molecule is O=C(CSCc1ccc(Cl)c(Cl)c1)NCC1(c2ccccc2)CCOCC1. The Kier molecular flexibility index (Phi) is 7.48. The van der Waals surface area contributed by atoms with Crippen LogP contribution in [0.1, 0.15) is 24.0 Å². The monoisotopic (exact) mass is 423 g/mol. The Morgan fingerprint density at radius 3 is 2.52 bits per heavy atom. The van der Waals surface area contributed by atoms with Crippen LogP contribution in [-0.2, 0) is 20.7 Å². The van der Waals surface area contributed by atoms with Crippen molar-refractivity contribution in [3.63, 3.8) is 0 Å². The van der Waals surface area contributed by atoms with Gasteiger partial charge in [0.15, 0.2) is 0 Å². The lowest BCUT2D eigenvalue weighted by Crippen LogP contribution is -2.45. The lowest BCUT2D eigenvalue weighted by molar-refractivity contribution is -0.119. The smallest absolute Gasteiger partial charge is 0.230 e. The molecule has 2 aromatic carbocycles.